The molecule has 0 aliphatic rings. The van der Waals surface area contributed by atoms with Crippen LogP contribution in [0.15, 0.2) is 27.9 Å². The van der Waals surface area contributed by atoms with Crippen molar-refractivity contribution in [3.8, 4) is 17.3 Å². The summed E-state index contributed by atoms with van der Waals surface area (Å²) in [5.74, 6) is -0.242. The van der Waals surface area contributed by atoms with Crippen LogP contribution in [0, 0.1) is 0 Å². The summed E-state index contributed by atoms with van der Waals surface area (Å²) in [6, 6.07) is 4.91. The Balaban J connectivity index is 1.87. The Morgan fingerprint density at radius 1 is 1.39 bits per heavy atom. The highest BCUT2D eigenvalue weighted by atomic mass is 16.6. The van der Waals surface area contributed by atoms with E-state index in [2.05, 4.69) is 40.7 Å². The van der Waals surface area contributed by atoms with Crippen molar-refractivity contribution < 1.29 is 19.3 Å². The van der Waals surface area contributed by atoms with Gasteiger partial charge in [0.1, 0.15) is 0 Å². The Morgan fingerprint density at radius 3 is 2.81 bits per heavy atom. The van der Waals surface area contributed by atoms with E-state index in [1.807, 2.05) is 13.8 Å². The van der Waals surface area contributed by atoms with Gasteiger partial charge in [-0.05, 0) is 35.5 Å². The molecule has 1 amide bonds. The number of nitrogens with two attached hydrogens (primary N) is 1. The first-order valence-corrected chi connectivity index (χ1v) is 9.44. The maximum Gasteiger partial charge on any atom is 0.293 e. The standard InChI is InChI=1S/C18H23N9O4/c1-4-26(5-2)10-12-14(21-25-27(12)17-16(19)23-31-24-17)18(29)22-20-9-11-7-6-8-13(30-3)15(11)28/h6-9,28H,4-5,10H2,1-3H3,(H2,19,23)(H,22,29)/b20-9-. The van der Waals surface area contributed by atoms with E-state index in [1.165, 1.54) is 18.0 Å². The fourth-order valence-corrected chi connectivity index (χ4v) is 2.81. The summed E-state index contributed by atoms with van der Waals surface area (Å²) in [6.45, 7) is 5.82. The number of nitrogen functional groups attached to an aromatic ring is 1. The third-order valence-corrected chi connectivity index (χ3v) is 4.56. The number of methoxy groups -OCH3 is 1. The van der Waals surface area contributed by atoms with Gasteiger partial charge in [0.15, 0.2) is 17.2 Å². The van der Waals surface area contributed by atoms with Gasteiger partial charge in [-0.3, -0.25) is 9.69 Å². The van der Waals surface area contributed by atoms with Gasteiger partial charge in [0.05, 0.1) is 19.0 Å². The number of benzene rings is 1. The zero-order valence-electron chi connectivity index (χ0n) is 17.3. The fraction of sp³-hybridized carbons (Fsp3) is 0.333. The van der Waals surface area contributed by atoms with Crippen LogP contribution in [0.5, 0.6) is 11.5 Å². The Bertz CT molecular complexity index is 1070. The largest absolute Gasteiger partial charge is 0.504 e. The van der Waals surface area contributed by atoms with Crippen molar-refractivity contribution >= 4 is 17.9 Å². The highest BCUT2D eigenvalue weighted by molar-refractivity contribution is 5.94. The molecule has 31 heavy (non-hydrogen) atoms. The number of hydrogen-bond donors (Lipinski definition) is 3. The van der Waals surface area contributed by atoms with Crippen LogP contribution in [0.25, 0.3) is 5.82 Å². The lowest BCUT2D eigenvalue weighted by Crippen LogP contribution is -2.27. The third kappa shape index (κ3) is 4.61. The van der Waals surface area contributed by atoms with Crippen molar-refractivity contribution in [2.45, 2.75) is 20.4 Å². The third-order valence-electron chi connectivity index (χ3n) is 4.56. The number of phenolic OH excluding ortho intramolecular Hbond substituents is 1. The van der Waals surface area contributed by atoms with Gasteiger partial charge in [-0.25, -0.2) is 10.1 Å². The Morgan fingerprint density at radius 2 is 2.16 bits per heavy atom. The monoisotopic (exact) mass is 429 g/mol. The number of hydrogen-bond acceptors (Lipinski definition) is 11. The van der Waals surface area contributed by atoms with E-state index >= 15 is 0 Å². The van der Waals surface area contributed by atoms with Crippen LogP contribution >= 0.6 is 0 Å². The maximum atomic E-state index is 12.8. The number of ether oxygens (including phenoxy) is 1. The zero-order chi connectivity index (χ0) is 22.4. The molecular weight excluding hydrogens is 406 g/mol. The fourth-order valence-electron chi connectivity index (χ4n) is 2.81. The minimum Gasteiger partial charge on any atom is -0.504 e. The van der Waals surface area contributed by atoms with E-state index in [0.717, 1.165) is 13.1 Å². The van der Waals surface area contributed by atoms with Gasteiger partial charge >= 0.3 is 0 Å². The van der Waals surface area contributed by atoms with Crippen molar-refractivity contribution in [3.05, 3.63) is 35.2 Å². The zero-order valence-corrected chi connectivity index (χ0v) is 17.3. The lowest BCUT2D eigenvalue weighted by atomic mass is 10.2. The molecule has 2 aromatic heterocycles. The first-order chi connectivity index (χ1) is 15.0. The minimum absolute atomic E-state index is 0.0178. The normalized spacial score (nSPS) is 11.4. The van der Waals surface area contributed by atoms with E-state index in [1.54, 1.807) is 18.2 Å². The smallest absolute Gasteiger partial charge is 0.293 e. The number of aromatic nitrogens is 5. The number of carbonyl (C=O) groups excluding carboxylic acids is 1. The second kappa shape index (κ2) is 9.67. The molecule has 0 fully saturated rings. The molecule has 0 unspecified atom stereocenters. The molecule has 3 aromatic rings. The second-order valence-corrected chi connectivity index (χ2v) is 6.33. The maximum absolute atomic E-state index is 12.8. The number of anilines is 1. The number of phenols is 1. The molecule has 0 aliphatic carbocycles. The van der Waals surface area contributed by atoms with Crippen molar-refractivity contribution in [1.29, 1.82) is 0 Å². The SMILES string of the molecule is CCN(CC)Cc1c(C(=O)N/N=C\c2cccc(OC)c2O)nnn1-c1nonc1N. The van der Waals surface area contributed by atoms with Gasteiger partial charge < -0.3 is 15.6 Å². The van der Waals surface area contributed by atoms with Gasteiger partial charge in [0.25, 0.3) is 5.91 Å². The van der Waals surface area contributed by atoms with E-state index in [4.69, 9.17) is 10.5 Å². The van der Waals surface area contributed by atoms with Crippen LogP contribution in [0.2, 0.25) is 0 Å². The quantitative estimate of drug-likeness (QED) is 0.322. The predicted molar refractivity (Wildman–Crippen MR) is 110 cm³/mol. The number of nitrogens with one attached hydrogen (secondary N) is 1. The van der Waals surface area contributed by atoms with Crippen LogP contribution in [0.1, 0.15) is 35.6 Å². The van der Waals surface area contributed by atoms with Crippen LogP contribution in [0.4, 0.5) is 5.82 Å². The topological polar surface area (TPSA) is 170 Å². The molecular formula is C18H23N9O4. The number of nitrogens with zero attached hydrogens (tertiary/aromatic N) is 7. The molecule has 2 heterocycles. The summed E-state index contributed by atoms with van der Waals surface area (Å²) >= 11 is 0. The Kier molecular flexibility index (Phi) is 6.77. The molecule has 4 N–H and O–H groups in total. The lowest BCUT2D eigenvalue weighted by molar-refractivity contribution is 0.0948. The van der Waals surface area contributed by atoms with Gasteiger partial charge in [0.2, 0.25) is 11.6 Å². The molecule has 0 bridgehead atoms. The number of hydrazone groups is 1. The average molecular weight is 429 g/mol. The van der Waals surface area contributed by atoms with Gasteiger partial charge in [-0.2, -0.15) is 9.78 Å². The van der Waals surface area contributed by atoms with Crippen LogP contribution in [0.3, 0.4) is 0 Å². The molecule has 0 spiro atoms. The van der Waals surface area contributed by atoms with Crippen molar-refractivity contribution in [1.82, 2.24) is 35.6 Å². The Labute approximate surface area is 177 Å². The summed E-state index contributed by atoms with van der Waals surface area (Å²) in [5.41, 5.74) is 9.02. The number of aromatic hydroxyl groups is 1. The van der Waals surface area contributed by atoms with E-state index in [0.29, 0.717) is 23.6 Å². The summed E-state index contributed by atoms with van der Waals surface area (Å²) < 4.78 is 11.0. The first kappa shape index (κ1) is 21.7. The average Bonchev–Trinajstić information content (AvgIpc) is 3.38. The van der Waals surface area contributed by atoms with Gasteiger partial charge in [-0.1, -0.05) is 25.1 Å². The summed E-state index contributed by atoms with van der Waals surface area (Å²) in [6.07, 6.45) is 1.30. The van der Waals surface area contributed by atoms with Crippen LogP contribution < -0.4 is 15.9 Å². The van der Waals surface area contributed by atoms with Crippen molar-refractivity contribution in [2.75, 3.05) is 25.9 Å². The van der Waals surface area contributed by atoms with Crippen molar-refractivity contribution in [2.24, 2.45) is 5.10 Å². The first-order valence-electron chi connectivity index (χ1n) is 9.44. The van der Waals surface area contributed by atoms with Crippen LogP contribution in [-0.2, 0) is 6.54 Å². The van der Waals surface area contributed by atoms with E-state index in [9.17, 15) is 9.90 Å². The second-order valence-electron chi connectivity index (χ2n) is 6.33. The van der Waals surface area contributed by atoms with Gasteiger partial charge in [-0.15, -0.1) is 5.10 Å². The molecule has 0 saturated carbocycles. The summed E-state index contributed by atoms with van der Waals surface area (Å²) in [5, 5.41) is 29.3. The van der Waals surface area contributed by atoms with Gasteiger partial charge in [0, 0.05) is 12.1 Å². The minimum atomic E-state index is -0.595. The molecule has 164 valence electrons. The molecule has 0 radical (unpaired) electrons. The van der Waals surface area contributed by atoms with Crippen molar-refractivity contribution in [3.63, 3.8) is 0 Å². The number of para-hydroxylation sites is 1. The highest BCUT2D eigenvalue weighted by Gasteiger charge is 2.25. The number of amides is 1. The van der Waals surface area contributed by atoms with E-state index in [-0.39, 0.29) is 23.1 Å². The number of rotatable bonds is 9. The number of carbonyl (C=O) groups is 1. The summed E-state index contributed by atoms with van der Waals surface area (Å²) in [7, 11) is 1.44. The molecule has 13 nitrogen and oxygen atoms in total. The molecule has 1 aromatic carbocycles. The molecule has 13 heteroatoms. The predicted octanol–water partition coefficient (Wildman–Crippen LogP) is 0.552. The van der Waals surface area contributed by atoms with E-state index < -0.39 is 5.91 Å². The lowest BCUT2D eigenvalue weighted by Gasteiger charge is -2.18. The summed E-state index contributed by atoms with van der Waals surface area (Å²) in [4.78, 5) is 14.8. The molecule has 0 aliphatic heterocycles. The van der Waals surface area contributed by atoms with Crippen LogP contribution in [-0.4, -0.2) is 67.6 Å². The highest BCUT2D eigenvalue weighted by Crippen LogP contribution is 2.28. The molecule has 3 rings (SSSR count). The molecule has 0 atom stereocenters. The Hall–Kier alpha value is -4.00. The molecule has 0 saturated heterocycles.